The van der Waals surface area contributed by atoms with Gasteiger partial charge in [-0.2, -0.15) is 0 Å². The van der Waals surface area contributed by atoms with Gasteiger partial charge in [0.1, 0.15) is 0 Å². The zero-order chi connectivity index (χ0) is 15.9. The number of thioether (sulfide) groups is 1. The molecule has 0 aliphatic carbocycles. The molecule has 0 saturated carbocycles. The van der Waals surface area contributed by atoms with Gasteiger partial charge < -0.3 is 10.1 Å². The normalized spacial score (nSPS) is 12.0. The van der Waals surface area contributed by atoms with Crippen LogP contribution in [0.5, 0.6) is 0 Å². The summed E-state index contributed by atoms with van der Waals surface area (Å²) >= 11 is 1.57. The molecule has 0 aromatic heterocycles. The highest BCUT2D eigenvalue weighted by molar-refractivity contribution is 7.98. The molecule has 0 unspecified atom stereocenters. The minimum absolute atomic E-state index is 0.0689. The Labute approximate surface area is 136 Å². The van der Waals surface area contributed by atoms with Crippen LogP contribution in [0.1, 0.15) is 27.6 Å². The summed E-state index contributed by atoms with van der Waals surface area (Å²) in [6, 6.07) is 15.7. The van der Waals surface area contributed by atoms with Gasteiger partial charge in [0.25, 0.3) is 5.91 Å². The van der Waals surface area contributed by atoms with Gasteiger partial charge in [0.05, 0.1) is 11.7 Å². The van der Waals surface area contributed by atoms with Gasteiger partial charge in [-0.1, -0.05) is 36.4 Å². The van der Waals surface area contributed by atoms with E-state index in [1.165, 1.54) is 0 Å². The van der Waals surface area contributed by atoms with Crippen molar-refractivity contribution in [3.8, 4) is 0 Å². The molecule has 116 valence electrons. The highest BCUT2D eigenvalue weighted by Gasteiger charge is 2.16. The maximum atomic E-state index is 12.4. The topological polar surface area (TPSA) is 38.3 Å². The van der Waals surface area contributed by atoms with E-state index < -0.39 is 0 Å². The summed E-state index contributed by atoms with van der Waals surface area (Å²) in [5.74, 6) is -0.0689. The quantitative estimate of drug-likeness (QED) is 0.823. The van der Waals surface area contributed by atoms with Gasteiger partial charge in [0.15, 0.2) is 0 Å². The highest BCUT2D eigenvalue weighted by Crippen LogP contribution is 2.21. The number of aryl methyl sites for hydroxylation is 1. The number of methoxy groups -OCH3 is 1. The largest absolute Gasteiger partial charge is 0.375 e. The number of carbonyl (C=O) groups excluding carboxylic acids is 1. The lowest BCUT2D eigenvalue weighted by atomic mass is 10.0. The van der Waals surface area contributed by atoms with Crippen LogP contribution in [0, 0.1) is 6.92 Å². The molecule has 2 rings (SSSR count). The zero-order valence-corrected chi connectivity index (χ0v) is 13.9. The molecule has 22 heavy (non-hydrogen) atoms. The maximum absolute atomic E-state index is 12.4. The van der Waals surface area contributed by atoms with E-state index >= 15 is 0 Å². The van der Waals surface area contributed by atoms with Gasteiger partial charge in [-0.25, -0.2) is 0 Å². The Balaban J connectivity index is 2.08. The van der Waals surface area contributed by atoms with Crippen LogP contribution >= 0.6 is 11.8 Å². The lowest BCUT2D eigenvalue weighted by Gasteiger charge is -2.19. The monoisotopic (exact) mass is 315 g/mol. The van der Waals surface area contributed by atoms with Crippen LogP contribution in [0.3, 0.4) is 0 Å². The van der Waals surface area contributed by atoms with Gasteiger partial charge in [-0.3, -0.25) is 4.79 Å². The van der Waals surface area contributed by atoms with Crippen molar-refractivity contribution in [2.75, 3.05) is 19.9 Å². The molecule has 0 bridgehead atoms. The molecule has 0 radical (unpaired) electrons. The van der Waals surface area contributed by atoms with Crippen molar-refractivity contribution in [3.63, 3.8) is 0 Å². The number of benzene rings is 2. The standard InChI is InChI=1S/C18H21NO2S/c1-13-8-4-5-9-14(13)16(21-2)12-19-18(20)15-10-6-7-11-17(15)22-3/h4-11,16H,12H2,1-3H3,(H,19,20)/t16-/m1/s1. The Kier molecular flexibility index (Phi) is 6.04. The number of nitrogens with one attached hydrogen (secondary N) is 1. The van der Waals surface area contributed by atoms with Gasteiger partial charge >= 0.3 is 0 Å². The molecule has 2 aromatic carbocycles. The number of hydrogen-bond acceptors (Lipinski definition) is 3. The number of ether oxygens (including phenoxy) is 1. The number of amides is 1. The SMILES string of the molecule is CO[C@H](CNC(=O)c1ccccc1SC)c1ccccc1C. The first-order chi connectivity index (χ1) is 10.7. The average molecular weight is 315 g/mol. The van der Waals surface area contributed by atoms with Crippen LogP contribution in [0.4, 0.5) is 0 Å². The summed E-state index contributed by atoms with van der Waals surface area (Å²) in [6.07, 6.45) is 1.82. The number of rotatable bonds is 6. The average Bonchev–Trinajstić information content (AvgIpc) is 2.56. The molecule has 3 nitrogen and oxygen atoms in total. The number of carbonyl (C=O) groups is 1. The highest BCUT2D eigenvalue weighted by atomic mass is 32.2. The van der Waals surface area contributed by atoms with Crippen molar-refractivity contribution in [1.29, 1.82) is 0 Å². The van der Waals surface area contributed by atoms with Crippen LogP contribution in [0.2, 0.25) is 0 Å². The molecule has 0 spiro atoms. The van der Waals surface area contributed by atoms with Gasteiger partial charge in [0, 0.05) is 18.6 Å². The Hall–Kier alpha value is -1.78. The van der Waals surface area contributed by atoms with E-state index in [9.17, 15) is 4.79 Å². The second-order valence-electron chi connectivity index (χ2n) is 4.99. The van der Waals surface area contributed by atoms with Crippen LogP contribution in [-0.4, -0.2) is 25.8 Å². The zero-order valence-electron chi connectivity index (χ0n) is 13.1. The fourth-order valence-electron chi connectivity index (χ4n) is 2.38. The second-order valence-corrected chi connectivity index (χ2v) is 5.84. The summed E-state index contributed by atoms with van der Waals surface area (Å²) in [7, 11) is 1.67. The van der Waals surface area contributed by atoms with Gasteiger partial charge in [0.2, 0.25) is 0 Å². The summed E-state index contributed by atoms with van der Waals surface area (Å²) in [6.45, 7) is 2.50. The van der Waals surface area contributed by atoms with Gasteiger partial charge in [-0.15, -0.1) is 11.8 Å². The van der Waals surface area contributed by atoms with Crippen LogP contribution in [-0.2, 0) is 4.74 Å². The van der Waals surface area contributed by atoms with Gasteiger partial charge in [-0.05, 0) is 36.4 Å². The molecular formula is C18H21NO2S. The van der Waals surface area contributed by atoms with E-state index in [1.54, 1.807) is 18.9 Å². The maximum Gasteiger partial charge on any atom is 0.252 e. The summed E-state index contributed by atoms with van der Waals surface area (Å²) in [4.78, 5) is 13.4. The van der Waals surface area contributed by atoms with E-state index in [0.717, 1.165) is 16.0 Å². The lowest BCUT2D eigenvalue weighted by Crippen LogP contribution is -2.29. The second kappa shape index (κ2) is 8.01. The van der Waals surface area contributed by atoms with Crippen LogP contribution in [0.25, 0.3) is 0 Å². The first-order valence-corrected chi connectivity index (χ1v) is 8.39. The minimum Gasteiger partial charge on any atom is -0.375 e. The van der Waals surface area contributed by atoms with E-state index in [0.29, 0.717) is 12.1 Å². The lowest BCUT2D eigenvalue weighted by molar-refractivity contribution is 0.0824. The van der Waals surface area contributed by atoms with E-state index in [-0.39, 0.29) is 12.0 Å². The third-order valence-electron chi connectivity index (χ3n) is 3.62. The summed E-state index contributed by atoms with van der Waals surface area (Å²) in [5, 5.41) is 2.97. The number of hydrogen-bond donors (Lipinski definition) is 1. The molecule has 4 heteroatoms. The molecule has 0 aliphatic heterocycles. The fraction of sp³-hybridized carbons (Fsp3) is 0.278. The first kappa shape index (κ1) is 16.6. The Morgan fingerprint density at radius 2 is 1.86 bits per heavy atom. The van der Waals surface area contributed by atoms with Crippen molar-refractivity contribution >= 4 is 17.7 Å². The Morgan fingerprint density at radius 3 is 2.55 bits per heavy atom. The van der Waals surface area contributed by atoms with E-state index in [2.05, 4.69) is 5.32 Å². The minimum atomic E-state index is -0.147. The first-order valence-electron chi connectivity index (χ1n) is 7.17. The van der Waals surface area contributed by atoms with Crippen molar-refractivity contribution in [2.45, 2.75) is 17.9 Å². The van der Waals surface area contributed by atoms with Crippen molar-refractivity contribution in [1.82, 2.24) is 5.32 Å². The molecule has 0 heterocycles. The molecule has 2 aromatic rings. The van der Waals surface area contributed by atoms with E-state index in [4.69, 9.17) is 4.74 Å². The molecule has 0 saturated heterocycles. The van der Waals surface area contributed by atoms with Crippen molar-refractivity contribution < 1.29 is 9.53 Å². The summed E-state index contributed by atoms with van der Waals surface area (Å²) < 4.78 is 5.54. The predicted molar refractivity (Wildman–Crippen MR) is 91.5 cm³/mol. The smallest absolute Gasteiger partial charge is 0.252 e. The third-order valence-corrected chi connectivity index (χ3v) is 4.42. The van der Waals surface area contributed by atoms with E-state index in [1.807, 2.05) is 61.7 Å². The molecule has 0 aliphatic rings. The third kappa shape index (κ3) is 3.90. The predicted octanol–water partition coefficient (Wildman–Crippen LogP) is 3.83. The van der Waals surface area contributed by atoms with Crippen molar-refractivity contribution in [2.24, 2.45) is 0 Å². The molecule has 0 fully saturated rings. The van der Waals surface area contributed by atoms with Crippen molar-refractivity contribution in [3.05, 3.63) is 65.2 Å². The molecule has 1 atom stereocenters. The summed E-state index contributed by atoms with van der Waals surface area (Å²) in [5.41, 5.74) is 2.96. The molecule has 1 amide bonds. The Bertz CT molecular complexity index is 642. The van der Waals surface area contributed by atoms with Crippen LogP contribution < -0.4 is 5.32 Å². The molecular weight excluding hydrogens is 294 g/mol. The molecule has 1 N–H and O–H groups in total. The Morgan fingerprint density at radius 1 is 1.18 bits per heavy atom. The fourth-order valence-corrected chi connectivity index (χ4v) is 2.98. The van der Waals surface area contributed by atoms with Crippen LogP contribution in [0.15, 0.2) is 53.4 Å².